The van der Waals surface area contributed by atoms with Gasteiger partial charge in [0, 0.05) is 11.3 Å². The zero-order valence-electron chi connectivity index (χ0n) is 15.0. The standard InChI is InChI=1S/C19H22N2O4S2/c1-13-7-8-16-14(11-13)12-17(26-16)19(23)21-20-18(22)9-10-27(24,25)15-5-3-2-4-6-15/h2-6,12-13H,7-11H2,1H3,(H,20,22)(H,21,23)/t13-/m0/s1. The third-order valence-corrected chi connectivity index (χ3v) is 7.54. The molecule has 1 heterocycles. The summed E-state index contributed by atoms with van der Waals surface area (Å²) >= 11 is 1.45. The van der Waals surface area contributed by atoms with Gasteiger partial charge in [-0.3, -0.25) is 20.4 Å². The van der Waals surface area contributed by atoms with Crippen LogP contribution in [0, 0.1) is 5.92 Å². The highest BCUT2D eigenvalue weighted by atomic mass is 32.2. The number of hydrazine groups is 1. The lowest BCUT2D eigenvalue weighted by Crippen LogP contribution is -2.41. The first-order valence-corrected chi connectivity index (χ1v) is 11.3. The molecular weight excluding hydrogens is 384 g/mol. The number of benzene rings is 1. The van der Waals surface area contributed by atoms with Gasteiger partial charge >= 0.3 is 0 Å². The smallest absolute Gasteiger partial charge is 0.273 e. The number of carbonyl (C=O) groups is 2. The zero-order valence-corrected chi connectivity index (χ0v) is 16.7. The molecule has 6 nitrogen and oxygen atoms in total. The van der Waals surface area contributed by atoms with Gasteiger partial charge in [0.05, 0.1) is 15.5 Å². The van der Waals surface area contributed by atoms with Gasteiger partial charge < -0.3 is 0 Å². The van der Waals surface area contributed by atoms with Crippen molar-refractivity contribution in [1.82, 2.24) is 10.9 Å². The third kappa shape index (κ3) is 4.95. The van der Waals surface area contributed by atoms with Crippen molar-refractivity contribution in [3.63, 3.8) is 0 Å². The Kier molecular flexibility index (Phi) is 5.96. The summed E-state index contributed by atoms with van der Waals surface area (Å²) in [6.45, 7) is 2.20. The Bertz CT molecular complexity index is 936. The predicted molar refractivity (Wildman–Crippen MR) is 104 cm³/mol. The molecule has 0 bridgehead atoms. The van der Waals surface area contributed by atoms with E-state index in [1.807, 2.05) is 6.07 Å². The number of rotatable bonds is 5. The summed E-state index contributed by atoms with van der Waals surface area (Å²) in [5.74, 6) is -0.613. The van der Waals surface area contributed by atoms with Crippen molar-refractivity contribution >= 4 is 33.0 Å². The van der Waals surface area contributed by atoms with Crippen LogP contribution in [0.2, 0.25) is 0 Å². The normalized spacial score (nSPS) is 16.4. The molecule has 8 heteroatoms. The van der Waals surface area contributed by atoms with Crippen molar-refractivity contribution in [3.8, 4) is 0 Å². The zero-order chi connectivity index (χ0) is 19.4. The highest BCUT2D eigenvalue weighted by Crippen LogP contribution is 2.32. The van der Waals surface area contributed by atoms with Crippen LogP contribution in [0.3, 0.4) is 0 Å². The molecule has 1 aliphatic rings. The molecule has 0 saturated carbocycles. The Balaban J connectivity index is 1.50. The van der Waals surface area contributed by atoms with Crippen LogP contribution in [0.15, 0.2) is 41.3 Å². The second-order valence-electron chi connectivity index (χ2n) is 6.79. The summed E-state index contributed by atoms with van der Waals surface area (Å²) < 4.78 is 24.3. The van der Waals surface area contributed by atoms with Gasteiger partial charge in [-0.25, -0.2) is 8.42 Å². The second kappa shape index (κ2) is 8.22. The molecule has 144 valence electrons. The summed E-state index contributed by atoms with van der Waals surface area (Å²) in [4.78, 5) is 26.1. The molecule has 1 aromatic heterocycles. The molecule has 0 unspecified atom stereocenters. The maximum Gasteiger partial charge on any atom is 0.279 e. The molecule has 2 aromatic rings. The monoisotopic (exact) mass is 406 g/mol. The lowest BCUT2D eigenvalue weighted by atomic mass is 9.90. The Morgan fingerprint density at radius 3 is 2.67 bits per heavy atom. The molecule has 0 radical (unpaired) electrons. The summed E-state index contributed by atoms with van der Waals surface area (Å²) in [6, 6.07) is 9.87. The van der Waals surface area contributed by atoms with Gasteiger partial charge in [-0.05, 0) is 48.9 Å². The Morgan fingerprint density at radius 2 is 1.93 bits per heavy atom. The van der Waals surface area contributed by atoms with Crippen LogP contribution in [0.1, 0.15) is 39.9 Å². The summed E-state index contributed by atoms with van der Waals surface area (Å²) in [6.07, 6.45) is 2.86. The van der Waals surface area contributed by atoms with Crippen LogP contribution in [-0.4, -0.2) is 26.0 Å². The first-order valence-electron chi connectivity index (χ1n) is 8.84. The van der Waals surface area contributed by atoms with E-state index in [1.165, 1.54) is 33.9 Å². The number of nitrogens with one attached hydrogen (secondary N) is 2. The van der Waals surface area contributed by atoms with Gasteiger partial charge in [-0.1, -0.05) is 25.1 Å². The average molecular weight is 407 g/mol. The van der Waals surface area contributed by atoms with Crippen LogP contribution in [0.5, 0.6) is 0 Å². The minimum Gasteiger partial charge on any atom is -0.273 e. The molecule has 2 N–H and O–H groups in total. The summed E-state index contributed by atoms with van der Waals surface area (Å²) in [7, 11) is -3.52. The van der Waals surface area contributed by atoms with E-state index in [9.17, 15) is 18.0 Å². The fraction of sp³-hybridized carbons (Fsp3) is 0.368. The predicted octanol–water partition coefficient (Wildman–Crippen LogP) is 2.50. The van der Waals surface area contributed by atoms with E-state index in [-0.39, 0.29) is 23.0 Å². The number of hydrogen-bond acceptors (Lipinski definition) is 5. The molecule has 3 rings (SSSR count). The first-order chi connectivity index (χ1) is 12.8. The van der Waals surface area contributed by atoms with Crippen molar-refractivity contribution in [2.24, 2.45) is 5.92 Å². The van der Waals surface area contributed by atoms with Crippen LogP contribution in [-0.2, 0) is 27.5 Å². The Morgan fingerprint density at radius 1 is 1.19 bits per heavy atom. The molecule has 0 fully saturated rings. The van der Waals surface area contributed by atoms with Crippen LogP contribution >= 0.6 is 11.3 Å². The number of aryl methyl sites for hydroxylation is 1. The number of fused-ring (bicyclic) bond motifs is 1. The molecule has 0 saturated heterocycles. The lowest BCUT2D eigenvalue weighted by molar-refractivity contribution is -0.121. The highest BCUT2D eigenvalue weighted by Gasteiger charge is 2.21. The lowest BCUT2D eigenvalue weighted by Gasteiger charge is -2.16. The van der Waals surface area contributed by atoms with Crippen LogP contribution < -0.4 is 10.9 Å². The van der Waals surface area contributed by atoms with Gasteiger partial charge in [0.25, 0.3) is 5.91 Å². The molecule has 1 atom stereocenters. The minimum absolute atomic E-state index is 0.181. The fourth-order valence-electron chi connectivity index (χ4n) is 3.04. The molecule has 2 amide bonds. The van der Waals surface area contributed by atoms with Crippen molar-refractivity contribution < 1.29 is 18.0 Å². The van der Waals surface area contributed by atoms with Gasteiger partial charge in [0.15, 0.2) is 9.84 Å². The highest BCUT2D eigenvalue weighted by molar-refractivity contribution is 7.91. The topological polar surface area (TPSA) is 92.3 Å². The summed E-state index contributed by atoms with van der Waals surface area (Å²) in [5.41, 5.74) is 5.88. The molecule has 0 aliphatic heterocycles. The van der Waals surface area contributed by atoms with Gasteiger partial charge in [-0.15, -0.1) is 11.3 Å². The molecular formula is C19H22N2O4S2. The molecule has 27 heavy (non-hydrogen) atoms. The average Bonchev–Trinajstić information content (AvgIpc) is 3.08. The summed E-state index contributed by atoms with van der Waals surface area (Å²) in [5, 5.41) is 0. The Hall–Kier alpha value is -2.19. The van der Waals surface area contributed by atoms with E-state index in [1.54, 1.807) is 18.2 Å². The van der Waals surface area contributed by atoms with Crippen molar-refractivity contribution in [3.05, 3.63) is 51.7 Å². The maximum absolute atomic E-state index is 12.2. The number of sulfone groups is 1. The largest absolute Gasteiger partial charge is 0.279 e. The number of thiophene rings is 1. The maximum atomic E-state index is 12.2. The van der Waals surface area contributed by atoms with Crippen molar-refractivity contribution in [1.29, 1.82) is 0 Å². The van der Waals surface area contributed by atoms with E-state index in [0.29, 0.717) is 10.8 Å². The first kappa shape index (κ1) is 19.6. The SMILES string of the molecule is C[C@H]1CCc2sc(C(=O)NNC(=O)CCS(=O)(=O)c3ccccc3)cc2C1. The molecule has 1 aromatic carbocycles. The second-order valence-corrected chi connectivity index (χ2v) is 10.0. The van der Waals surface area contributed by atoms with E-state index >= 15 is 0 Å². The minimum atomic E-state index is -3.52. The van der Waals surface area contributed by atoms with Gasteiger partial charge in [0.1, 0.15) is 0 Å². The van der Waals surface area contributed by atoms with E-state index in [2.05, 4.69) is 17.8 Å². The van der Waals surface area contributed by atoms with E-state index in [0.717, 1.165) is 19.3 Å². The number of hydrogen-bond donors (Lipinski definition) is 2. The van der Waals surface area contributed by atoms with Gasteiger partial charge in [0.2, 0.25) is 5.91 Å². The van der Waals surface area contributed by atoms with Crippen molar-refractivity contribution in [2.75, 3.05) is 5.75 Å². The van der Waals surface area contributed by atoms with Crippen molar-refractivity contribution in [2.45, 2.75) is 37.5 Å². The molecule has 1 aliphatic carbocycles. The quantitative estimate of drug-likeness (QED) is 0.746. The van der Waals surface area contributed by atoms with E-state index < -0.39 is 15.7 Å². The Labute approximate surface area is 162 Å². The van der Waals surface area contributed by atoms with Crippen LogP contribution in [0.4, 0.5) is 0 Å². The van der Waals surface area contributed by atoms with Gasteiger partial charge in [-0.2, -0.15) is 0 Å². The molecule has 0 spiro atoms. The van der Waals surface area contributed by atoms with Crippen LogP contribution in [0.25, 0.3) is 0 Å². The van der Waals surface area contributed by atoms with E-state index in [4.69, 9.17) is 0 Å². The number of amides is 2. The fourth-order valence-corrected chi connectivity index (χ4v) is 5.41. The third-order valence-electron chi connectivity index (χ3n) is 4.57. The number of carbonyl (C=O) groups excluding carboxylic acids is 2.